The van der Waals surface area contributed by atoms with Gasteiger partial charge in [-0.2, -0.15) is 0 Å². The molecule has 1 aromatic heterocycles. The van der Waals surface area contributed by atoms with E-state index in [9.17, 15) is 0 Å². The highest BCUT2D eigenvalue weighted by atomic mass is 79.9. The molecular weight excluding hydrogens is 266 g/mol. The van der Waals surface area contributed by atoms with Gasteiger partial charge in [-0.15, -0.1) is 5.10 Å². The first-order chi connectivity index (χ1) is 7.85. The second-order valence-electron chi connectivity index (χ2n) is 4.65. The lowest BCUT2D eigenvalue weighted by molar-refractivity contribution is 0.214. The summed E-state index contributed by atoms with van der Waals surface area (Å²) in [5, 5.41) is 9.50. The van der Waals surface area contributed by atoms with Gasteiger partial charge in [-0.05, 0) is 18.8 Å². The fraction of sp³-hybridized carbons (Fsp3) is 0.833. The summed E-state index contributed by atoms with van der Waals surface area (Å²) >= 11 is 3.44. The maximum absolute atomic E-state index is 4.30. The molecule has 1 fully saturated rings. The first-order valence-electron chi connectivity index (χ1n) is 6.31. The Hall–Kier alpha value is -0.380. The number of nitrogens with zero attached hydrogens (tertiary/aromatic N) is 3. The third-order valence-electron chi connectivity index (χ3n) is 3.64. The van der Waals surface area contributed by atoms with Crippen molar-refractivity contribution in [1.82, 2.24) is 15.0 Å². The average Bonchev–Trinajstić information content (AvgIpc) is 2.78. The van der Waals surface area contributed by atoms with Gasteiger partial charge in [0.1, 0.15) is 0 Å². The van der Waals surface area contributed by atoms with Crippen LogP contribution in [0.15, 0.2) is 6.20 Å². The minimum Gasteiger partial charge on any atom is -0.249 e. The molecule has 1 aromatic rings. The van der Waals surface area contributed by atoms with Crippen LogP contribution in [0.3, 0.4) is 0 Å². The van der Waals surface area contributed by atoms with Crippen molar-refractivity contribution < 1.29 is 0 Å². The molecule has 1 aliphatic carbocycles. The van der Waals surface area contributed by atoms with Gasteiger partial charge in [0.15, 0.2) is 0 Å². The van der Waals surface area contributed by atoms with Crippen molar-refractivity contribution in [3.8, 4) is 0 Å². The van der Waals surface area contributed by atoms with Crippen LogP contribution in [0, 0.1) is 5.92 Å². The highest BCUT2D eigenvalue weighted by Gasteiger charge is 2.25. The number of alkyl halides is 1. The molecule has 1 saturated carbocycles. The van der Waals surface area contributed by atoms with Gasteiger partial charge in [-0.1, -0.05) is 47.3 Å². The summed E-state index contributed by atoms with van der Waals surface area (Å²) in [4.78, 5) is 0. The molecule has 0 N–H and O–H groups in total. The molecule has 2 atom stereocenters. The normalized spacial score (nSPS) is 25.9. The van der Waals surface area contributed by atoms with Gasteiger partial charge in [-0.25, -0.2) is 4.68 Å². The molecule has 0 saturated heterocycles. The lowest BCUT2D eigenvalue weighted by atomic mass is 9.83. The molecular formula is C12H20BrN3. The number of halogens is 1. The van der Waals surface area contributed by atoms with E-state index in [1.807, 2.05) is 0 Å². The largest absolute Gasteiger partial charge is 0.249 e. The smallest absolute Gasteiger partial charge is 0.0835 e. The van der Waals surface area contributed by atoms with E-state index in [0.29, 0.717) is 6.04 Å². The molecule has 90 valence electrons. The van der Waals surface area contributed by atoms with E-state index >= 15 is 0 Å². The Bertz CT molecular complexity index is 324. The van der Waals surface area contributed by atoms with E-state index in [-0.39, 0.29) is 0 Å². The van der Waals surface area contributed by atoms with Crippen LogP contribution in [0.5, 0.6) is 0 Å². The predicted molar refractivity (Wildman–Crippen MR) is 68.8 cm³/mol. The molecule has 0 radical (unpaired) electrons. The van der Waals surface area contributed by atoms with Crippen LogP contribution < -0.4 is 0 Å². The van der Waals surface area contributed by atoms with Crippen LogP contribution >= 0.6 is 15.9 Å². The van der Waals surface area contributed by atoms with Crippen molar-refractivity contribution in [2.75, 3.05) is 5.33 Å². The fourth-order valence-corrected chi connectivity index (χ4v) is 3.11. The first-order valence-corrected chi connectivity index (χ1v) is 7.44. The Morgan fingerprint density at radius 1 is 1.44 bits per heavy atom. The molecule has 2 rings (SSSR count). The summed E-state index contributed by atoms with van der Waals surface area (Å²) in [6.45, 7) is 2.29. The zero-order valence-corrected chi connectivity index (χ0v) is 11.5. The number of hydrogen-bond acceptors (Lipinski definition) is 2. The third-order valence-corrected chi connectivity index (χ3v) is 4.04. The van der Waals surface area contributed by atoms with Crippen LogP contribution in [0.2, 0.25) is 0 Å². The summed E-state index contributed by atoms with van der Waals surface area (Å²) in [7, 11) is 0. The van der Waals surface area contributed by atoms with E-state index in [0.717, 1.165) is 23.4 Å². The maximum Gasteiger partial charge on any atom is 0.0835 e. The second-order valence-corrected chi connectivity index (χ2v) is 5.44. The van der Waals surface area contributed by atoms with E-state index < -0.39 is 0 Å². The zero-order valence-electron chi connectivity index (χ0n) is 9.90. The van der Waals surface area contributed by atoms with Gasteiger partial charge in [0.05, 0.1) is 11.7 Å². The highest BCUT2D eigenvalue weighted by molar-refractivity contribution is 9.09. The molecule has 4 heteroatoms. The summed E-state index contributed by atoms with van der Waals surface area (Å²) in [5.74, 6) is 0.798. The zero-order chi connectivity index (χ0) is 11.4. The number of rotatable bonds is 4. The van der Waals surface area contributed by atoms with E-state index in [1.54, 1.807) is 0 Å². The van der Waals surface area contributed by atoms with E-state index in [1.165, 1.54) is 32.1 Å². The van der Waals surface area contributed by atoms with Crippen LogP contribution in [0.4, 0.5) is 0 Å². The average molecular weight is 286 g/mol. The monoisotopic (exact) mass is 285 g/mol. The molecule has 1 heterocycles. The number of aryl methyl sites for hydroxylation is 1. The Labute approximate surface area is 106 Å². The molecule has 0 amide bonds. The van der Waals surface area contributed by atoms with Crippen molar-refractivity contribution in [3.63, 3.8) is 0 Å². The Morgan fingerprint density at radius 2 is 2.25 bits per heavy atom. The van der Waals surface area contributed by atoms with Crippen LogP contribution in [-0.2, 0) is 6.42 Å². The summed E-state index contributed by atoms with van der Waals surface area (Å²) in [6.07, 6.45) is 9.74. The molecule has 3 nitrogen and oxygen atoms in total. The van der Waals surface area contributed by atoms with Crippen molar-refractivity contribution >= 4 is 15.9 Å². The molecule has 2 unspecified atom stereocenters. The molecule has 0 aliphatic heterocycles. The minimum absolute atomic E-state index is 0.593. The first kappa shape index (κ1) is 12.1. The van der Waals surface area contributed by atoms with Crippen molar-refractivity contribution in [2.45, 2.75) is 51.5 Å². The van der Waals surface area contributed by atoms with Gasteiger partial charge in [-0.3, -0.25) is 0 Å². The second kappa shape index (κ2) is 5.80. The van der Waals surface area contributed by atoms with Gasteiger partial charge in [0.25, 0.3) is 0 Å². The molecule has 0 bridgehead atoms. The molecule has 0 aromatic carbocycles. The lowest BCUT2D eigenvalue weighted by Gasteiger charge is -2.30. The van der Waals surface area contributed by atoms with E-state index in [2.05, 4.69) is 44.0 Å². The molecule has 0 spiro atoms. The quantitative estimate of drug-likeness (QED) is 0.795. The van der Waals surface area contributed by atoms with Gasteiger partial charge in [0, 0.05) is 17.9 Å². The SMILES string of the molecule is CCC1CCCCC1n1cc(CCBr)nn1. The standard InChI is InChI=1S/C12H20BrN3/c1-2-10-5-3-4-6-12(10)16-9-11(7-8-13)14-15-16/h9-10,12H,2-8H2,1H3. The Balaban J connectivity index is 2.08. The van der Waals surface area contributed by atoms with Crippen LogP contribution in [0.1, 0.15) is 50.8 Å². The number of aromatic nitrogens is 3. The lowest BCUT2D eigenvalue weighted by Crippen LogP contribution is -2.23. The number of hydrogen-bond donors (Lipinski definition) is 0. The molecule has 16 heavy (non-hydrogen) atoms. The Kier molecular flexibility index (Phi) is 4.38. The van der Waals surface area contributed by atoms with Gasteiger partial charge < -0.3 is 0 Å². The summed E-state index contributed by atoms with van der Waals surface area (Å²) in [6, 6.07) is 0.593. The highest BCUT2D eigenvalue weighted by Crippen LogP contribution is 2.35. The predicted octanol–water partition coefficient (Wildman–Crippen LogP) is 3.36. The topological polar surface area (TPSA) is 30.7 Å². The fourth-order valence-electron chi connectivity index (χ4n) is 2.70. The molecule has 1 aliphatic rings. The van der Waals surface area contributed by atoms with Crippen molar-refractivity contribution in [1.29, 1.82) is 0 Å². The minimum atomic E-state index is 0.593. The Morgan fingerprint density at radius 3 is 3.00 bits per heavy atom. The van der Waals surface area contributed by atoms with Gasteiger partial charge >= 0.3 is 0 Å². The summed E-state index contributed by atoms with van der Waals surface area (Å²) < 4.78 is 2.12. The third kappa shape index (κ3) is 2.65. The van der Waals surface area contributed by atoms with Crippen LogP contribution in [0.25, 0.3) is 0 Å². The van der Waals surface area contributed by atoms with Crippen molar-refractivity contribution in [3.05, 3.63) is 11.9 Å². The van der Waals surface area contributed by atoms with E-state index in [4.69, 9.17) is 0 Å². The maximum atomic E-state index is 4.30. The summed E-state index contributed by atoms with van der Waals surface area (Å²) in [5.41, 5.74) is 1.11. The van der Waals surface area contributed by atoms with Crippen LogP contribution in [-0.4, -0.2) is 20.3 Å². The van der Waals surface area contributed by atoms with Gasteiger partial charge in [0.2, 0.25) is 0 Å². The van der Waals surface area contributed by atoms with Crippen molar-refractivity contribution in [2.24, 2.45) is 5.92 Å².